The lowest BCUT2D eigenvalue weighted by atomic mass is 10.1. The van der Waals surface area contributed by atoms with Gasteiger partial charge in [0.1, 0.15) is 0 Å². The van der Waals surface area contributed by atoms with Crippen molar-refractivity contribution in [2.75, 3.05) is 49.5 Å². The van der Waals surface area contributed by atoms with E-state index in [4.69, 9.17) is 19.6 Å². The molecule has 0 saturated carbocycles. The van der Waals surface area contributed by atoms with Gasteiger partial charge >= 0.3 is 0 Å². The van der Waals surface area contributed by atoms with Gasteiger partial charge in [-0.2, -0.15) is 0 Å². The quantitative estimate of drug-likeness (QED) is 0.536. The van der Waals surface area contributed by atoms with E-state index in [1.54, 1.807) is 36.7 Å². The van der Waals surface area contributed by atoms with E-state index in [-0.39, 0.29) is 17.6 Å². The molecule has 1 aromatic carbocycles. The first-order valence-corrected chi connectivity index (χ1v) is 10.3. The number of furan rings is 1. The van der Waals surface area contributed by atoms with Crippen LogP contribution < -0.4 is 30.3 Å². The number of likely N-dealkylation sites (N-methyl/N-ethyl adjacent to an activating group) is 1. The zero-order valence-electron chi connectivity index (χ0n) is 18.6. The maximum atomic E-state index is 13.0. The minimum absolute atomic E-state index is 0.0696. The molecule has 2 amide bonds. The summed E-state index contributed by atoms with van der Waals surface area (Å²) in [5.74, 6) is 0.649. The molecule has 0 aliphatic carbocycles. The molecule has 0 radical (unpaired) electrons. The molecule has 3 N–H and O–H groups in total. The Kier molecular flexibility index (Phi) is 6.18. The smallest absolute Gasteiger partial charge is 0.291 e. The van der Waals surface area contributed by atoms with Crippen molar-refractivity contribution in [2.45, 2.75) is 6.54 Å². The molecule has 4 rings (SSSR count). The summed E-state index contributed by atoms with van der Waals surface area (Å²) in [6.07, 6.45) is 3.20. The lowest BCUT2D eigenvalue weighted by Gasteiger charge is -2.21. The molecule has 10 nitrogen and oxygen atoms in total. The first kappa shape index (κ1) is 22.2. The highest BCUT2D eigenvalue weighted by molar-refractivity contribution is 6.10. The molecular weight excluding hydrogens is 426 g/mol. The number of hydrogen-bond donors (Lipinski definition) is 2. The van der Waals surface area contributed by atoms with Gasteiger partial charge in [0, 0.05) is 38.0 Å². The summed E-state index contributed by atoms with van der Waals surface area (Å²) in [5, 5.41) is 2.81. The summed E-state index contributed by atoms with van der Waals surface area (Å²) >= 11 is 0. The summed E-state index contributed by atoms with van der Waals surface area (Å²) in [4.78, 5) is 33.3. The Morgan fingerprint density at radius 3 is 2.73 bits per heavy atom. The zero-order valence-corrected chi connectivity index (χ0v) is 18.6. The van der Waals surface area contributed by atoms with Crippen molar-refractivity contribution in [1.82, 2.24) is 4.98 Å². The van der Waals surface area contributed by atoms with Gasteiger partial charge in [0.2, 0.25) is 5.88 Å². The lowest BCUT2D eigenvalue weighted by molar-refractivity contribution is 0.0975. The largest absolute Gasteiger partial charge is 0.493 e. The molecule has 33 heavy (non-hydrogen) atoms. The Balaban J connectivity index is 1.53. The highest BCUT2D eigenvalue weighted by Gasteiger charge is 2.32. The second-order valence-electron chi connectivity index (χ2n) is 7.45. The van der Waals surface area contributed by atoms with E-state index < -0.39 is 5.91 Å². The molecule has 1 aliphatic rings. The molecule has 0 bridgehead atoms. The Hall–Kier alpha value is -4.05. The number of nitrogens with one attached hydrogen (secondary N) is 1. The summed E-state index contributed by atoms with van der Waals surface area (Å²) < 4.78 is 16.4. The summed E-state index contributed by atoms with van der Waals surface area (Å²) in [6.45, 7) is 1.38. The Morgan fingerprint density at radius 2 is 2.00 bits per heavy atom. The number of hydrogen-bond acceptors (Lipinski definition) is 8. The number of nitrogens with two attached hydrogens (primary N) is 1. The average molecular weight is 451 g/mol. The minimum Gasteiger partial charge on any atom is -0.493 e. The first-order chi connectivity index (χ1) is 16.0. The van der Waals surface area contributed by atoms with Gasteiger partial charge in [-0.05, 0) is 29.8 Å². The third-order valence-electron chi connectivity index (χ3n) is 5.42. The lowest BCUT2D eigenvalue weighted by Crippen LogP contribution is -2.26. The van der Waals surface area contributed by atoms with Crippen molar-refractivity contribution < 1.29 is 23.5 Å². The van der Waals surface area contributed by atoms with Crippen LogP contribution in [-0.2, 0) is 6.54 Å². The van der Waals surface area contributed by atoms with Crippen molar-refractivity contribution in [3.05, 3.63) is 59.6 Å². The fraction of sp³-hybridized carbons (Fsp3) is 0.261. The normalized spacial score (nSPS) is 12.5. The van der Waals surface area contributed by atoms with Crippen LogP contribution in [0.4, 0.5) is 17.3 Å². The molecule has 2 aromatic heterocycles. The SMILES string of the molecule is COc1cc2c(cc1OC)C(=O)N(c1ccc(C(=O)Nc3cnccc3N(C)CCN)o1)C2. The van der Waals surface area contributed by atoms with Gasteiger partial charge in [-0.1, -0.05) is 0 Å². The van der Waals surface area contributed by atoms with E-state index >= 15 is 0 Å². The van der Waals surface area contributed by atoms with Gasteiger partial charge in [0.25, 0.3) is 11.8 Å². The van der Waals surface area contributed by atoms with Crippen LogP contribution in [-0.4, -0.2) is 51.2 Å². The standard InChI is InChI=1S/C23H25N5O5/c1-27(9-7-24)17-6-8-25-12-16(17)26-22(29)18-4-5-21(33-18)28-13-14-10-19(31-2)20(32-3)11-15(14)23(28)30/h4-6,8,10-12H,7,9,13,24H2,1-3H3,(H,26,29). The van der Waals surface area contributed by atoms with Crippen LogP contribution in [0.15, 0.2) is 47.1 Å². The van der Waals surface area contributed by atoms with Crippen LogP contribution in [0.25, 0.3) is 0 Å². The van der Waals surface area contributed by atoms with E-state index in [0.29, 0.717) is 42.4 Å². The highest BCUT2D eigenvalue weighted by atomic mass is 16.5. The molecule has 10 heteroatoms. The van der Waals surface area contributed by atoms with Crippen LogP contribution in [0.1, 0.15) is 26.5 Å². The van der Waals surface area contributed by atoms with E-state index in [1.807, 2.05) is 11.9 Å². The molecule has 0 spiro atoms. The fourth-order valence-corrected chi connectivity index (χ4v) is 3.73. The molecule has 0 unspecified atom stereocenters. The average Bonchev–Trinajstić information content (AvgIpc) is 3.43. The number of carbonyl (C=O) groups excluding carboxylic acids is 2. The second kappa shape index (κ2) is 9.21. The summed E-state index contributed by atoms with van der Waals surface area (Å²) in [5.41, 5.74) is 8.23. The summed E-state index contributed by atoms with van der Waals surface area (Å²) in [6, 6.07) is 8.33. The second-order valence-corrected chi connectivity index (χ2v) is 7.45. The van der Waals surface area contributed by atoms with Gasteiger partial charge < -0.3 is 29.8 Å². The molecular formula is C23H25N5O5. The first-order valence-electron chi connectivity index (χ1n) is 10.3. The highest BCUT2D eigenvalue weighted by Crippen LogP contribution is 2.37. The van der Waals surface area contributed by atoms with Crippen molar-refractivity contribution in [2.24, 2.45) is 5.73 Å². The number of carbonyl (C=O) groups is 2. The Bertz CT molecular complexity index is 1190. The topological polar surface area (TPSA) is 123 Å². The number of methoxy groups -OCH3 is 2. The number of rotatable bonds is 8. The third kappa shape index (κ3) is 4.20. The van der Waals surface area contributed by atoms with E-state index in [1.165, 1.54) is 25.2 Å². The van der Waals surface area contributed by atoms with Crippen LogP contribution in [0.5, 0.6) is 11.5 Å². The summed E-state index contributed by atoms with van der Waals surface area (Å²) in [7, 11) is 4.93. The van der Waals surface area contributed by atoms with E-state index in [0.717, 1.165) is 11.3 Å². The molecule has 172 valence electrons. The monoisotopic (exact) mass is 451 g/mol. The van der Waals surface area contributed by atoms with E-state index in [2.05, 4.69) is 10.3 Å². The van der Waals surface area contributed by atoms with Gasteiger partial charge in [-0.15, -0.1) is 0 Å². The minimum atomic E-state index is -0.454. The number of aromatic nitrogens is 1. The van der Waals surface area contributed by atoms with Crippen LogP contribution in [0, 0.1) is 0 Å². The molecule has 3 aromatic rings. The van der Waals surface area contributed by atoms with Gasteiger partial charge in [-0.25, -0.2) is 0 Å². The van der Waals surface area contributed by atoms with Crippen LogP contribution in [0.3, 0.4) is 0 Å². The third-order valence-corrected chi connectivity index (χ3v) is 5.42. The molecule has 1 aliphatic heterocycles. The Morgan fingerprint density at radius 1 is 1.24 bits per heavy atom. The van der Waals surface area contributed by atoms with Crippen molar-refractivity contribution in [3.63, 3.8) is 0 Å². The van der Waals surface area contributed by atoms with Gasteiger partial charge in [0.15, 0.2) is 17.3 Å². The molecule has 3 heterocycles. The molecule has 0 atom stereocenters. The number of benzene rings is 1. The predicted octanol–water partition coefficient (Wildman–Crippen LogP) is 2.50. The number of amides is 2. The predicted molar refractivity (Wildman–Crippen MR) is 123 cm³/mol. The molecule has 0 fully saturated rings. The maximum Gasteiger partial charge on any atom is 0.291 e. The van der Waals surface area contributed by atoms with Crippen molar-refractivity contribution in [1.29, 1.82) is 0 Å². The number of nitrogens with zero attached hydrogens (tertiary/aromatic N) is 3. The maximum absolute atomic E-state index is 13.0. The van der Waals surface area contributed by atoms with E-state index in [9.17, 15) is 9.59 Å². The number of pyridine rings is 1. The Labute approximate surface area is 190 Å². The van der Waals surface area contributed by atoms with Crippen LogP contribution >= 0.6 is 0 Å². The van der Waals surface area contributed by atoms with Crippen LogP contribution in [0.2, 0.25) is 0 Å². The number of ether oxygens (including phenoxy) is 2. The zero-order chi connectivity index (χ0) is 23.5. The van der Waals surface area contributed by atoms with Crippen molar-refractivity contribution in [3.8, 4) is 11.5 Å². The number of anilines is 3. The van der Waals surface area contributed by atoms with Gasteiger partial charge in [-0.3, -0.25) is 19.5 Å². The van der Waals surface area contributed by atoms with Gasteiger partial charge in [0.05, 0.1) is 38.3 Å². The fourth-order valence-electron chi connectivity index (χ4n) is 3.73. The number of fused-ring (bicyclic) bond motifs is 1. The molecule has 0 saturated heterocycles. The van der Waals surface area contributed by atoms with Crippen molar-refractivity contribution >= 4 is 29.1 Å².